The third-order valence-corrected chi connectivity index (χ3v) is 2.71. The van der Waals surface area contributed by atoms with Crippen molar-refractivity contribution in [2.24, 2.45) is 0 Å². The van der Waals surface area contributed by atoms with Crippen molar-refractivity contribution in [2.75, 3.05) is 31.7 Å². The van der Waals surface area contributed by atoms with Crippen LogP contribution < -0.4 is 4.90 Å². The number of aromatic nitrogens is 2. The summed E-state index contributed by atoms with van der Waals surface area (Å²) in [4.78, 5) is 20.9. The van der Waals surface area contributed by atoms with Crippen molar-refractivity contribution in [1.82, 2.24) is 9.97 Å². The zero-order chi connectivity index (χ0) is 12.1. The Balaban J connectivity index is 2.02. The molecule has 5 heteroatoms. The van der Waals surface area contributed by atoms with Crippen LogP contribution in [0.5, 0.6) is 0 Å². The molecule has 0 N–H and O–H groups in total. The minimum absolute atomic E-state index is 0.501. The Labute approximate surface area is 100 Å². The Bertz CT molecular complexity index is 414. The van der Waals surface area contributed by atoms with Gasteiger partial charge in [0.1, 0.15) is 0 Å². The Hall–Kier alpha value is -1.75. The van der Waals surface area contributed by atoms with Gasteiger partial charge in [-0.2, -0.15) is 0 Å². The van der Waals surface area contributed by atoms with Gasteiger partial charge in [-0.15, -0.1) is 0 Å². The van der Waals surface area contributed by atoms with Crippen LogP contribution in [-0.2, 0) is 4.74 Å². The lowest BCUT2D eigenvalue weighted by atomic mass is 10.1. The van der Waals surface area contributed by atoms with Crippen LogP contribution in [0.3, 0.4) is 0 Å². The molecule has 0 bridgehead atoms. The van der Waals surface area contributed by atoms with E-state index >= 15 is 0 Å². The highest BCUT2D eigenvalue weighted by Gasteiger charge is 2.13. The molecule has 0 aromatic carbocycles. The molecule has 90 valence electrons. The lowest BCUT2D eigenvalue weighted by Crippen LogP contribution is -2.30. The van der Waals surface area contributed by atoms with Gasteiger partial charge < -0.3 is 9.64 Å². The van der Waals surface area contributed by atoms with Gasteiger partial charge in [-0.05, 0) is 12.0 Å². The van der Waals surface area contributed by atoms with Crippen molar-refractivity contribution >= 4 is 12.2 Å². The predicted octanol–water partition coefficient (Wildman–Crippen LogP) is 1.07. The first kappa shape index (κ1) is 11.7. The van der Waals surface area contributed by atoms with Gasteiger partial charge in [0.05, 0.1) is 12.2 Å². The summed E-state index contributed by atoms with van der Waals surface area (Å²) in [6.45, 7) is 2.37. The summed E-state index contributed by atoms with van der Waals surface area (Å²) in [5.74, 6) is 0.670. The summed E-state index contributed by atoms with van der Waals surface area (Å²) in [5.41, 5.74) is 1.81. The number of carbonyl (C=O) groups is 1. The maximum Gasteiger partial charge on any atom is 0.225 e. The molecule has 0 saturated heterocycles. The standard InChI is InChI=1S/C12H15N3O2/c1-17-9-10-2-4-15(5-3-10)12-13-6-11(8-16)7-14-12/h2,6-8H,3-5,9H2,1H3. The van der Waals surface area contributed by atoms with Crippen molar-refractivity contribution in [2.45, 2.75) is 6.42 Å². The van der Waals surface area contributed by atoms with E-state index in [2.05, 4.69) is 20.9 Å². The van der Waals surface area contributed by atoms with E-state index in [0.29, 0.717) is 18.1 Å². The normalized spacial score (nSPS) is 15.6. The quantitative estimate of drug-likeness (QED) is 0.575. The number of nitrogens with zero attached hydrogens (tertiary/aromatic N) is 3. The monoisotopic (exact) mass is 233 g/mol. The van der Waals surface area contributed by atoms with Gasteiger partial charge in [-0.3, -0.25) is 4.79 Å². The largest absolute Gasteiger partial charge is 0.380 e. The van der Waals surface area contributed by atoms with Crippen molar-refractivity contribution in [1.29, 1.82) is 0 Å². The van der Waals surface area contributed by atoms with E-state index < -0.39 is 0 Å². The number of anilines is 1. The predicted molar refractivity (Wildman–Crippen MR) is 64.2 cm³/mol. The maximum absolute atomic E-state index is 10.5. The second kappa shape index (κ2) is 5.54. The summed E-state index contributed by atoms with van der Waals surface area (Å²) in [5, 5.41) is 0. The zero-order valence-corrected chi connectivity index (χ0v) is 9.80. The van der Waals surface area contributed by atoms with Crippen molar-refractivity contribution in [3.8, 4) is 0 Å². The second-order valence-corrected chi connectivity index (χ2v) is 3.93. The first-order chi connectivity index (χ1) is 8.33. The third-order valence-electron chi connectivity index (χ3n) is 2.71. The fourth-order valence-corrected chi connectivity index (χ4v) is 1.76. The van der Waals surface area contributed by atoms with E-state index in [1.165, 1.54) is 5.57 Å². The summed E-state index contributed by atoms with van der Waals surface area (Å²) in [7, 11) is 1.70. The number of carbonyl (C=O) groups excluding carboxylic acids is 1. The smallest absolute Gasteiger partial charge is 0.225 e. The van der Waals surface area contributed by atoms with E-state index in [1.54, 1.807) is 19.5 Å². The number of rotatable bonds is 4. The highest BCUT2D eigenvalue weighted by molar-refractivity contribution is 5.73. The van der Waals surface area contributed by atoms with Gasteiger partial charge in [-0.25, -0.2) is 9.97 Å². The summed E-state index contributed by atoms with van der Waals surface area (Å²) < 4.78 is 5.10. The molecule has 1 aliphatic heterocycles. The van der Waals surface area contributed by atoms with Crippen molar-refractivity contribution < 1.29 is 9.53 Å². The second-order valence-electron chi connectivity index (χ2n) is 3.93. The fourth-order valence-electron chi connectivity index (χ4n) is 1.76. The molecule has 0 unspecified atom stereocenters. The Kier molecular flexibility index (Phi) is 3.82. The molecule has 0 saturated carbocycles. The maximum atomic E-state index is 10.5. The molecule has 0 fully saturated rings. The average molecular weight is 233 g/mol. The molecule has 0 radical (unpaired) electrons. The first-order valence-corrected chi connectivity index (χ1v) is 5.52. The van der Waals surface area contributed by atoms with Gasteiger partial charge in [-0.1, -0.05) is 6.08 Å². The first-order valence-electron chi connectivity index (χ1n) is 5.52. The molecule has 17 heavy (non-hydrogen) atoms. The van der Waals surface area contributed by atoms with Crippen LogP contribution >= 0.6 is 0 Å². The van der Waals surface area contributed by atoms with Crippen LogP contribution in [0.4, 0.5) is 5.95 Å². The highest BCUT2D eigenvalue weighted by Crippen LogP contribution is 2.15. The van der Waals surface area contributed by atoms with Crippen LogP contribution in [0.25, 0.3) is 0 Å². The van der Waals surface area contributed by atoms with E-state index in [-0.39, 0.29) is 0 Å². The number of methoxy groups -OCH3 is 1. The molecule has 0 aliphatic carbocycles. The molecule has 2 heterocycles. The van der Waals surface area contributed by atoms with Gasteiger partial charge >= 0.3 is 0 Å². The van der Waals surface area contributed by atoms with Gasteiger partial charge in [0.15, 0.2) is 6.29 Å². The van der Waals surface area contributed by atoms with Crippen LogP contribution in [-0.4, -0.2) is 43.1 Å². The molecule has 0 amide bonds. The number of ether oxygens (including phenoxy) is 1. The Morgan fingerprint density at radius 2 is 2.24 bits per heavy atom. The van der Waals surface area contributed by atoms with E-state index in [1.807, 2.05) is 0 Å². The molecular weight excluding hydrogens is 218 g/mol. The van der Waals surface area contributed by atoms with Crippen LogP contribution in [0.2, 0.25) is 0 Å². The summed E-state index contributed by atoms with van der Waals surface area (Å²) in [6, 6.07) is 0. The van der Waals surface area contributed by atoms with Gasteiger partial charge in [0, 0.05) is 32.6 Å². The Morgan fingerprint density at radius 3 is 2.76 bits per heavy atom. The molecular formula is C12H15N3O2. The van der Waals surface area contributed by atoms with Crippen LogP contribution in [0.1, 0.15) is 16.8 Å². The van der Waals surface area contributed by atoms with Crippen molar-refractivity contribution in [3.63, 3.8) is 0 Å². The lowest BCUT2D eigenvalue weighted by molar-refractivity contribution is 0.112. The number of hydrogen-bond acceptors (Lipinski definition) is 5. The lowest BCUT2D eigenvalue weighted by Gasteiger charge is -2.26. The highest BCUT2D eigenvalue weighted by atomic mass is 16.5. The molecule has 2 rings (SSSR count). The molecule has 0 atom stereocenters. The van der Waals surface area contributed by atoms with Crippen LogP contribution in [0.15, 0.2) is 24.0 Å². The number of hydrogen-bond donors (Lipinski definition) is 0. The zero-order valence-electron chi connectivity index (χ0n) is 9.80. The van der Waals surface area contributed by atoms with E-state index in [9.17, 15) is 4.79 Å². The van der Waals surface area contributed by atoms with E-state index in [0.717, 1.165) is 25.8 Å². The topological polar surface area (TPSA) is 55.3 Å². The van der Waals surface area contributed by atoms with Crippen molar-refractivity contribution in [3.05, 3.63) is 29.6 Å². The third kappa shape index (κ3) is 2.88. The fraction of sp³-hybridized carbons (Fsp3) is 0.417. The minimum Gasteiger partial charge on any atom is -0.380 e. The molecule has 1 aromatic rings. The minimum atomic E-state index is 0.501. The molecule has 0 spiro atoms. The molecule has 1 aromatic heterocycles. The SMILES string of the molecule is COCC1=CCN(c2ncc(C=O)cn2)CC1. The number of aldehydes is 1. The van der Waals surface area contributed by atoms with Gasteiger partial charge in [0.2, 0.25) is 5.95 Å². The summed E-state index contributed by atoms with van der Waals surface area (Å²) in [6.07, 6.45) is 6.95. The molecule has 1 aliphatic rings. The van der Waals surface area contributed by atoms with Gasteiger partial charge in [0.25, 0.3) is 0 Å². The van der Waals surface area contributed by atoms with Crippen LogP contribution in [0, 0.1) is 0 Å². The van der Waals surface area contributed by atoms with E-state index in [4.69, 9.17) is 4.74 Å². The summed E-state index contributed by atoms with van der Waals surface area (Å²) >= 11 is 0. The average Bonchev–Trinajstić information content (AvgIpc) is 2.40. The Morgan fingerprint density at radius 1 is 1.47 bits per heavy atom. The molecule has 5 nitrogen and oxygen atoms in total.